The number of aryl methyl sites for hydroxylation is 2. The molecule has 20 heteroatoms. The van der Waals surface area contributed by atoms with Crippen molar-refractivity contribution in [2.45, 2.75) is 126 Å². The van der Waals surface area contributed by atoms with Crippen LogP contribution in [-0.4, -0.2) is 76.8 Å². The Morgan fingerprint density at radius 1 is 0.600 bits per heavy atom. The highest BCUT2D eigenvalue weighted by Gasteiger charge is 2.32. The van der Waals surface area contributed by atoms with Gasteiger partial charge < -0.3 is 18.0 Å². The number of hydrogen-bond donors (Lipinski definition) is 0. The van der Waals surface area contributed by atoms with Crippen molar-refractivity contribution in [1.82, 2.24) is 49.5 Å². The van der Waals surface area contributed by atoms with Crippen LogP contribution in [0, 0.1) is 25.5 Å². The van der Waals surface area contributed by atoms with E-state index < -0.39 is 41.8 Å². The van der Waals surface area contributed by atoms with E-state index in [0.29, 0.717) is 34.8 Å². The van der Waals surface area contributed by atoms with E-state index in [2.05, 4.69) is 40.3 Å². The van der Waals surface area contributed by atoms with Gasteiger partial charge in [-0.05, 0) is 77.6 Å². The highest BCUT2D eigenvalue weighted by atomic mass is 32.2. The molecule has 2 atom stereocenters. The topological polar surface area (TPSA) is 208 Å². The molecular weight excluding hydrogens is 819 g/mol. The molecule has 0 amide bonds. The van der Waals surface area contributed by atoms with Gasteiger partial charge in [-0.15, -0.1) is 20.4 Å². The highest BCUT2D eigenvalue weighted by Crippen LogP contribution is 2.37. The Hall–Kier alpha value is -5.24. The van der Waals surface area contributed by atoms with Crippen LogP contribution in [0.1, 0.15) is 112 Å². The SMILES string of the molecule is Cc1ccc(-c2nnc(CS(=O)(=O)[C@@H](C)Cc3ncc(F)cn3)n2C2CCCC2)o1.Cc1ccc(-c2nnc(CS(=O)(=O)[C@H](C)Cc3ncc(F)cn3)n2C2CCCC2)o1. The predicted molar refractivity (Wildman–Crippen MR) is 215 cm³/mol. The van der Waals surface area contributed by atoms with Crippen molar-refractivity contribution >= 4 is 19.7 Å². The molecule has 0 aliphatic heterocycles. The van der Waals surface area contributed by atoms with Gasteiger partial charge in [-0.2, -0.15) is 0 Å². The van der Waals surface area contributed by atoms with E-state index in [1.54, 1.807) is 13.8 Å². The summed E-state index contributed by atoms with van der Waals surface area (Å²) in [5.41, 5.74) is 0. The molecule has 2 aliphatic carbocycles. The summed E-state index contributed by atoms with van der Waals surface area (Å²) in [6.45, 7) is 6.92. The van der Waals surface area contributed by atoms with Crippen molar-refractivity contribution in [1.29, 1.82) is 0 Å². The van der Waals surface area contributed by atoms with Crippen LogP contribution in [0.3, 0.4) is 0 Å². The van der Waals surface area contributed by atoms with E-state index in [9.17, 15) is 25.6 Å². The summed E-state index contributed by atoms with van der Waals surface area (Å²) in [6.07, 6.45) is 12.5. The molecule has 2 fully saturated rings. The number of furan rings is 2. The van der Waals surface area contributed by atoms with Crippen LogP contribution in [0.15, 0.2) is 57.9 Å². The van der Waals surface area contributed by atoms with Crippen LogP contribution >= 0.6 is 0 Å². The fraction of sp³-hybridized carbons (Fsp3) is 0.500. The van der Waals surface area contributed by atoms with Crippen molar-refractivity contribution < 1.29 is 34.5 Å². The second-order valence-electron chi connectivity index (χ2n) is 15.6. The number of hydrogen-bond acceptors (Lipinski definition) is 14. The van der Waals surface area contributed by atoms with E-state index in [-0.39, 0.29) is 48.1 Å². The van der Waals surface area contributed by atoms with Gasteiger partial charge in [0.2, 0.25) is 0 Å². The second-order valence-corrected chi connectivity index (χ2v) is 20.4. The highest BCUT2D eigenvalue weighted by molar-refractivity contribution is 7.91. The Morgan fingerprint density at radius 3 is 1.27 bits per heavy atom. The number of halogens is 2. The third-order valence-electron chi connectivity index (χ3n) is 11.0. The third kappa shape index (κ3) is 10.0. The molecule has 2 aliphatic rings. The molecule has 0 spiro atoms. The molecule has 2 saturated carbocycles. The van der Waals surface area contributed by atoms with Crippen molar-refractivity contribution in [2.75, 3.05) is 0 Å². The van der Waals surface area contributed by atoms with Crippen molar-refractivity contribution in [3.8, 4) is 23.2 Å². The van der Waals surface area contributed by atoms with Crippen LogP contribution < -0.4 is 0 Å². The van der Waals surface area contributed by atoms with Crippen LogP contribution in [-0.2, 0) is 44.0 Å². The fourth-order valence-corrected chi connectivity index (χ4v) is 10.2. The first-order valence-corrected chi connectivity index (χ1v) is 23.5. The summed E-state index contributed by atoms with van der Waals surface area (Å²) >= 11 is 0. The van der Waals surface area contributed by atoms with Gasteiger partial charge in [-0.3, -0.25) is 0 Å². The maximum atomic E-state index is 13.1. The second kappa shape index (κ2) is 18.2. The standard InChI is InChI=1S/2C20H24FN5O3S/c2*1-13-7-8-17(29-13)20-25-24-19(26(20)16-5-3-4-6-16)12-30(27,28)14(2)9-18-22-10-15(21)11-23-18/h2*7-8,10-11,14,16H,3-6,9,12H2,1-2H3/t2*14-/m10/s1. The molecule has 320 valence electrons. The Bertz CT molecular complexity index is 2420. The Balaban J connectivity index is 0.000000181. The molecule has 0 unspecified atom stereocenters. The van der Waals surface area contributed by atoms with Gasteiger partial charge in [-0.1, -0.05) is 25.7 Å². The molecule has 60 heavy (non-hydrogen) atoms. The van der Waals surface area contributed by atoms with Gasteiger partial charge in [0.05, 0.1) is 35.3 Å². The monoisotopic (exact) mass is 866 g/mol. The Morgan fingerprint density at radius 2 is 0.950 bits per heavy atom. The summed E-state index contributed by atoms with van der Waals surface area (Å²) in [5, 5.41) is 15.5. The summed E-state index contributed by atoms with van der Waals surface area (Å²) in [6, 6.07) is 7.67. The minimum Gasteiger partial charge on any atom is -0.458 e. The molecule has 0 N–H and O–H groups in total. The summed E-state index contributed by atoms with van der Waals surface area (Å²) in [7, 11) is -7.13. The quantitative estimate of drug-likeness (QED) is 0.109. The molecular formula is C40H48F2N10O6S2. The lowest BCUT2D eigenvalue weighted by Gasteiger charge is -2.18. The molecule has 8 rings (SSSR count). The minimum atomic E-state index is -3.57. The summed E-state index contributed by atoms with van der Waals surface area (Å²) < 4.78 is 93.6. The molecule has 6 aromatic rings. The van der Waals surface area contributed by atoms with Crippen molar-refractivity contribution in [3.63, 3.8) is 0 Å². The lowest BCUT2D eigenvalue weighted by molar-refractivity contribution is 0.488. The summed E-state index contributed by atoms with van der Waals surface area (Å²) in [5.74, 6) is 3.64. The van der Waals surface area contributed by atoms with E-state index in [1.807, 2.05) is 47.2 Å². The summed E-state index contributed by atoms with van der Waals surface area (Å²) in [4.78, 5) is 15.5. The van der Waals surface area contributed by atoms with Crippen LogP contribution in [0.2, 0.25) is 0 Å². The number of sulfone groups is 2. The first kappa shape index (κ1) is 42.9. The zero-order valence-corrected chi connectivity index (χ0v) is 35.5. The van der Waals surface area contributed by atoms with E-state index in [4.69, 9.17) is 8.83 Å². The first-order valence-electron chi connectivity index (χ1n) is 20.0. The van der Waals surface area contributed by atoms with E-state index >= 15 is 0 Å². The Labute approximate surface area is 347 Å². The van der Waals surface area contributed by atoms with Gasteiger partial charge in [0.1, 0.15) is 46.3 Å². The lowest BCUT2D eigenvalue weighted by Crippen LogP contribution is -2.25. The number of aromatic nitrogens is 10. The number of nitrogens with zero attached hydrogens (tertiary/aromatic N) is 10. The largest absolute Gasteiger partial charge is 0.458 e. The van der Waals surface area contributed by atoms with Crippen LogP contribution in [0.4, 0.5) is 8.78 Å². The van der Waals surface area contributed by atoms with Crippen molar-refractivity contribution in [3.05, 3.63) is 95.5 Å². The average Bonchev–Trinajstić information content (AvgIpc) is 4.06. The fourth-order valence-electron chi connectivity index (χ4n) is 7.68. The van der Waals surface area contributed by atoms with Gasteiger partial charge >= 0.3 is 0 Å². The molecule has 0 aromatic carbocycles. The minimum absolute atomic E-state index is 0.102. The first-order chi connectivity index (χ1) is 28.7. The van der Waals surface area contributed by atoms with Gasteiger partial charge in [0, 0.05) is 24.9 Å². The van der Waals surface area contributed by atoms with Crippen LogP contribution in [0.5, 0.6) is 0 Å². The van der Waals surface area contributed by atoms with Gasteiger partial charge in [0.15, 0.2) is 54.5 Å². The molecule has 0 radical (unpaired) electrons. The maximum Gasteiger partial charge on any atom is 0.200 e. The zero-order valence-electron chi connectivity index (χ0n) is 33.9. The molecule has 6 aromatic heterocycles. The molecule has 16 nitrogen and oxygen atoms in total. The smallest absolute Gasteiger partial charge is 0.200 e. The lowest BCUT2D eigenvalue weighted by atomic mass is 10.2. The number of rotatable bonds is 14. The van der Waals surface area contributed by atoms with Gasteiger partial charge in [-0.25, -0.2) is 45.6 Å². The normalized spacial score (nSPS) is 16.2. The zero-order chi connectivity index (χ0) is 42.6. The van der Waals surface area contributed by atoms with Gasteiger partial charge in [0.25, 0.3) is 0 Å². The van der Waals surface area contributed by atoms with E-state index in [0.717, 1.165) is 87.7 Å². The van der Waals surface area contributed by atoms with Crippen molar-refractivity contribution in [2.24, 2.45) is 0 Å². The predicted octanol–water partition coefficient (Wildman–Crippen LogP) is 6.87. The third-order valence-corrected chi connectivity index (χ3v) is 15.1. The molecule has 0 bridgehead atoms. The molecule has 0 saturated heterocycles. The van der Waals surface area contributed by atoms with Crippen LogP contribution in [0.25, 0.3) is 23.2 Å². The maximum absolute atomic E-state index is 13.1. The average molecular weight is 867 g/mol. The molecule has 6 heterocycles. The Kier molecular flexibility index (Phi) is 13.0. The van der Waals surface area contributed by atoms with E-state index in [1.165, 1.54) is 0 Å².